The maximum atomic E-state index is 12.3. The molecule has 4 atom stereocenters. The molecule has 0 aromatic carbocycles. The summed E-state index contributed by atoms with van der Waals surface area (Å²) in [6, 6.07) is 7.93. The molecule has 0 aliphatic carbocycles. The van der Waals surface area contributed by atoms with Gasteiger partial charge in [0.05, 0.1) is 42.5 Å². The molecule has 0 radical (unpaired) electrons. The molecule has 5 N–H and O–H groups in total. The van der Waals surface area contributed by atoms with Crippen LogP contribution < -0.4 is 5.73 Å². The van der Waals surface area contributed by atoms with Gasteiger partial charge in [0.1, 0.15) is 5.54 Å². The largest absolute Gasteiger partial charge is 0.469 e. The van der Waals surface area contributed by atoms with E-state index in [0.29, 0.717) is 29.9 Å². The number of nitrogens with one attached hydrogen (secondary N) is 2. The van der Waals surface area contributed by atoms with E-state index in [1.807, 2.05) is 65.0 Å². The van der Waals surface area contributed by atoms with Crippen molar-refractivity contribution in [2.75, 3.05) is 14.2 Å². The molecule has 3 aliphatic rings. The van der Waals surface area contributed by atoms with Crippen LogP contribution in [0.3, 0.4) is 0 Å². The fourth-order valence-electron chi connectivity index (χ4n) is 7.36. The summed E-state index contributed by atoms with van der Waals surface area (Å²) in [4.78, 5) is 42.0. The van der Waals surface area contributed by atoms with Gasteiger partial charge >= 0.3 is 11.9 Å². The summed E-state index contributed by atoms with van der Waals surface area (Å²) in [5.74, 6) is -0.637. The summed E-state index contributed by atoms with van der Waals surface area (Å²) < 4.78 is 9.94. The van der Waals surface area contributed by atoms with Crippen molar-refractivity contribution in [3.63, 3.8) is 0 Å². The van der Waals surface area contributed by atoms with E-state index in [-0.39, 0.29) is 32.2 Å². The highest BCUT2D eigenvalue weighted by Crippen LogP contribution is 2.53. The lowest BCUT2D eigenvalue weighted by atomic mass is 9.74. The van der Waals surface area contributed by atoms with Gasteiger partial charge in [0.25, 0.3) is 0 Å². The van der Waals surface area contributed by atoms with Crippen LogP contribution >= 0.6 is 9.24 Å². The van der Waals surface area contributed by atoms with Gasteiger partial charge in [-0.25, -0.2) is 9.97 Å². The van der Waals surface area contributed by atoms with E-state index >= 15 is 0 Å². The predicted molar refractivity (Wildman–Crippen MR) is 214 cm³/mol. The van der Waals surface area contributed by atoms with E-state index < -0.39 is 16.5 Å². The third kappa shape index (κ3) is 6.47. The minimum atomic E-state index is -1.69. The van der Waals surface area contributed by atoms with Gasteiger partial charge in [0, 0.05) is 46.0 Å². The second kappa shape index (κ2) is 14.2. The summed E-state index contributed by atoms with van der Waals surface area (Å²) in [5.41, 5.74) is 15.9. The Morgan fingerprint density at radius 1 is 0.811 bits per heavy atom. The zero-order valence-corrected chi connectivity index (χ0v) is 32.1. The molecular weight excluding hydrogens is 689 g/mol. The number of hydrogen-bond acceptors (Lipinski definition) is 10. The Hall–Kier alpha value is -4.77. The lowest BCUT2D eigenvalue weighted by molar-refractivity contribution is -0.141. The first kappa shape index (κ1) is 39.4. The molecule has 0 fully saturated rings. The SMILES string of the molecule is C.C=Cc1c(C)c2cc3[nH]c(cc4nc(cc5nc(cc1[nH]2)C(C)=C5CCC(=O)OC)C(CCC(=O)OC)=C4C)c(C)c3[C@@]1(C)N=N[C@](O)(P)[C@@]1(C)N. The topological polar surface area (TPSA) is 181 Å². The normalized spacial score (nSPS) is 22.2. The number of methoxy groups -OCH3 is 2. The van der Waals surface area contributed by atoms with Gasteiger partial charge in [0.2, 0.25) is 5.47 Å². The molecule has 53 heavy (non-hydrogen) atoms. The number of nitrogens with zero attached hydrogens (tertiary/aromatic N) is 4. The smallest absolute Gasteiger partial charge is 0.305 e. The van der Waals surface area contributed by atoms with Crippen molar-refractivity contribution in [2.45, 2.75) is 91.2 Å². The number of nitrogens with two attached hydrogens (primary N) is 1. The molecule has 0 saturated carbocycles. The van der Waals surface area contributed by atoms with Gasteiger partial charge in [-0.05, 0) is 112 Å². The zero-order valence-electron chi connectivity index (χ0n) is 30.9. The Labute approximate surface area is 312 Å². The molecule has 3 aromatic heterocycles. The maximum absolute atomic E-state index is 12.3. The van der Waals surface area contributed by atoms with Crippen molar-refractivity contribution >= 4 is 71.6 Å². The van der Waals surface area contributed by atoms with E-state index in [1.54, 1.807) is 6.92 Å². The number of azo groups is 1. The summed E-state index contributed by atoms with van der Waals surface area (Å²) in [7, 11) is 5.10. The fraction of sp³-hybridized carbons (Fsp3) is 0.400. The highest BCUT2D eigenvalue weighted by atomic mass is 31.0. The van der Waals surface area contributed by atoms with Crippen molar-refractivity contribution in [1.82, 2.24) is 19.9 Å². The number of fused-ring (bicyclic) bond motifs is 8. The molecule has 3 aromatic rings. The highest BCUT2D eigenvalue weighted by Gasteiger charge is 2.61. The number of allylic oxidation sites excluding steroid dienone is 4. The van der Waals surface area contributed by atoms with Gasteiger partial charge in [-0.15, -0.1) is 0 Å². The molecular formula is C40H50N7O5P. The monoisotopic (exact) mass is 739 g/mol. The molecule has 280 valence electrons. The standard InChI is InChI=1S/C39H46N7O5P.CH4/c1-10-23-19(2)28-17-33-36(37(6)38(7,40)39(49,52)46-45-37)22(5)29(44-33)15-26-20(3)24(11-13-34(47)50-8)31(42-26)18-32-25(12-14-35(48)51-9)21(4)27(43-32)16-30(23)41-28;/h10,15-18,41,44,49H,1,11-14,40,52H2,2-9H3;1H4/t37-,38+,39-;/m1./s1. The van der Waals surface area contributed by atoms with Crippen LogP contribution in [0.2, 0.25) is 0 Å². The summed E-state index contributed by atoms with van der Waals surface area (Å²) in [6.07, 6.45) is 3.00. The van der Waals surface area contributed by atoms with E-state index in [4.69, 9.17) is 25.2 Å². The van der Waals surface area contributed by atoms with Crippen LogP contribution in [0.25, 0.3) is 50.4 Å². The van der Waals surface area contributed by atoms with Crippen LogP contribution in [-0.4, -0.2) is 62.2 Å². The first-order chi connectivity index (χ1) is 24.5. The number of ether oxygens (including phenoxy) is 2. The number of esters is 2. The Kier molecular flexibility index (Phi) is 10.6. The maximum Gasteiger partial charge on any atom is 0.305 e. The second-order valence-corrected chi connectivity index (χ2v) is 14.9. The molecule has 13 heteroatoms. The third-order valence-electron chi connectivity index (χ3n) is 11.1. The summed E-state index contributed by atoms with van der Waals surface area (Å²) >= 11 is 0. The van der Waals surface area contributed by atoms with Gasteiger partial charge in [-0.2, -0.15) is 10.2 Å². The van der Waals surface area contributed by atoms with Crippen molar-refractivity contribution in [3.8, 4) is 0 Å². The van der Waals surface area contributed by atoms with E-state index in [1.165, 1.54) is 14.2 Å². The minimum Gasteiger partial charge on any atom is -0.469 e. The number of carbonyl (C=O) groups is 2. The molecule has 0 spiro atoms. The van der Waals surface area contributed by atoms with Crippen molar-refractivity contribution in [1.29, 1.82) is 0 Å². The molecule has 6 rings (SSSR count). The number of carbonyl (C=O) groups excluding carboxylic acids is 2. The number of aromatic nitrogens is 4. The Morgan fingerprint density at radius 2 is 1.30 bits per heavy atom. The average Bonchev–Trinajstić information content (AvgIpc) is 3.80. The van der Waals surface area contributed by atoms with Gasteiger partial charge < -0.3 is 30.3 Å². The lowest BCUT2D eigenvalue weighted by Crippen LogP contribution is -2.61. The van der Waals surface area contributed by atoms with E-state index in [0.717, 1.165) is 72.3 Å². The Morgan fingerprint density at radius 3 is 1.77 bits per heavy atom. The van der Waals surface area contributed by atoms with Crippen LogP contribution in [0.15, 0.2) is 41.1 Å². The van der Waals surface area contributed by atoms with Crippen molar-refractivity contribution in [3.05, 3.63) is 75.9 Å². The molecule has 6 heterocycles. The van der Waals surface area contributed by atoms with Crippen LogP contribution in [-0.2, 0) is 24.6 Å². The van der Waals surface area contributed by atoms with Gasteiger partial charge in [-0.3, -0.25) is 9.59 Å². The molecule has 0 amide bonds. The highest BCUT2D eigenvalue weighted by molar-refractivity contribution is 7.18. The predicted octanol–water partition coefficient (Wildman–Crippen LogP) is 7.90. The van der Waals surface area contributed by atoms with Crippen LogP contribution in [0.5, 0.6) is 0 Å². The van der Waals surface area contributed by atoms with Gasteiger partial charge in [-0.1, -0.05) is 29.3 Å². The number of hydrogen-bond donors (Lipinski definition) is 4. The molecule has 8 bridgehead atoms. The molecule has 1 unspecified atom stereocenters. The first-order valence-corrected chi connectivity index (χ1v) is 17.7. The number of H-pyrrole nitrogens is 2. The van der Waals surface area contributed by atoms with Crippen LogP contribution in [0.4, 0.5) is 0 Å². The Bertz CT molecular complexity index is 2310. The minimum absolute atomic E-state index is 0. The molecule has 0 saturated heterocycles. The van der Waals surface area contributed by atoms with Crippen LogP contribution in [0.1, 0.15) is 106 Å². The summed E-state index contributed by atoms with van der Waals surface area (Å²) in [6.45, 7) is 15.8. The number of aromatic amines is 2. The lowest BCUT2D eigenvalue weighted by Gasteiger charge is -2.40. The number of aryl methyl sites for hydroxylation is 2. The van der Waals surface area contributed by atoms with Crippen molar-refractivity contribution in [2.24, 2.45) is 16.0 Å². The quantitative estimate of drug-likeness (QED) is 0.133. The van der Waals surface area contributed by atoms with Gasteiger partial charge in [0.15, 0.2) is 0 Å². The second-order valence-electron chi connectivity index (χ2n) is 14.0. The summed E-state index contributed by atoms with van der Waals surface area (Å²) in [5, 5.41) is 20.1. The molecule has 3 aliphatic heterocycles. The Balaban J connectivity index is 0.00000541. The zero-order chi connectivity index (χ0) is 37.9. The van der Waals surface area contributed by atoms with Crippen molar-refractivity contribution < 1.29 is 24.2 Å². The third-order valence-corrected chi connectivity index (χ3v) is 11.8. The van der Waals surface area contributed by atoms with Crippen LogP contribution in [0, 0.1) is 13.8 Å². The molecule has 12 nitrogen and oxygen atoms in total. The van der Waals surface area contributed by atoms with E-state index in [2.05, 4.69) is 36.0 Å². The average molecular weight is 740 g/mol. The fourth-order valence-corrected chi connectivity index (χ4v) is 7.70. The van der Waals surface area contributed by atoms with E-state index in [9.17, 15) is 14.7 Å². The first-order valence-electron chi connectivity index (χ1n) is 17.1. The number of rotatable bonds is 8. The number of aliphatic hydroxyl groups is 1.